The van der Waals surface area contributed by atoms with Gasteiger partial charge in [0.2, 0.25) is 0 Å². The number of rotatable bonds is 5. The number of halogens is 1. The summed E-state index contributed by atoms with van der Waals surface area (Å²) in [6.45, 7) is 5.20. The van der Waals surface area contributed by atoms with Crippen LogP contribution in [0.4, 0.5) is 10.1 Å². The molecule has 0 saturated carbocycles. The van der Waals surface area contributed by atoms with E-state index in [0.29, 0.717) is 12.2 Å². The van der Waals surface area contributed by atoms with Crippen LogP contribution in [0.3, 0.4) is 0 Å². The van der Waals surface area contributed by atoms with Gasteiger partial charge in [-0.2, -0.15) is 0 Å². The number of hydrogen-bond donors (Lipinski definition) is 1. The largest absolute Gasteiger partial charge is 0.369 e. The number of carbonyl (C=O) groups excluding carboxylic acids is 1. The molecule has 1 aromatic heterocycles. The number of nitrogens with one attached hydrogen (secondary N) is 1. The summed E-state index contributed by atoms with van der Waals surface area (Å²) < 4.78 is 13.4. The average Bonchev–Trinajstić information content (AvgIpc) is 3.14. The van der Waals surface area contributed by atoms with Crippen molar-refractivity contribution in [2.75, 3.05) is 37.6 Å². The third-order valence-electron chi connectivity index (χ3n) is 5.38. The van der Waals surface area contributed by atoms with Crippen LogP contribution in [0.15, 0.2) is 35.7 Å². The number of piperazine rings is 1. The molecule has 0 bridgehead atoms. The van der Waals surface area contributed by atoms with Gasteiger partial charge in [0.15, 0.2) is 5.78 Å². The third-order valence-corrected chi connectivity index (χ3v) is 6.34. The van der Waals surface area contributed by atoms with Crippen LogP contribution in [0.5, 0.6) is 0 Å². The molecule has 1 saturated heterocycles. The van der Waals surface area contributed by atoms with Crippen molar-refractivity contribution in [1.29, 1.82) is 0 Å². The Morgan fingerprint density at radius 1 is 1.23 bits per heavy atom. The second-order valence-corrected chi connectivity index (χ2v) is 8.03. The topological polar surface area (TPSA) is 35.6 Å². The number of fused-ring (bicyclic) bond motifs is 1. The fourth-order valence-electron chi connectivity index (χ4n) is 3.78. The molecule has 1 aromatic carbocycles. The highest BCUT2D eigenvalue weighted by atomic mass is 32.1. The lowest BCUT2D eigenvalue weighted by Gasteiger charge is -2.36. The van der Waals surface area contributed by atoms with Gasteiger partial charge in [0.05, 0.1) is 6.04 Å². The van der Waals surface area contributed by atoms with E-state index in [1.165, 1.54) is 16.5 Å². The van der Waals surface area contributed by atoms with Gasteiger partial charge in [-0.15, -0.1) is 11.3 Å². The van der Waals surface area contributed by atoms with Gasteiger partial charge in [-0.3, -0.25) is 9.69 Å². The minimum atomic E-state index is -0.190. The van der Waals surface area contributed by atoms with Crippen molar-refractivity contribution >= 4 is 22.8 Å². The van der Waals surface area contributed by atoms with Crippen molar-refractivity contribution < 1.29 is 9.18 Å². The van der Waals surface area contributed by atoms with E-state index < -0.39 is 0 Å². The first kappa shape index (κ1) is 17.6. The van der Waals surface area contributed by atoms with E-state index in [1.807, 2.05) is 6.07 Å². The number of Topliss-reactive ketones (excluding diaryl/α,β-unsaturated/α-hetero) is 1. The maximum Gasteiger partial charge on any atom is 0.151 e. The third kappa shape index (κ3) is 3.98. The lowest BCUT2D eigenvalue weighted by Crippen LogP contribution is -2.48. The summed E-state index contributed by atoms with van der Waals surface area (Å²) in [5.41, 5.74) is 2.27. The van der Waals surface area contributed by atoms with Crippen molar-refractivity contribution in [1.82, 2.24) is 10.2 Å². The molecular formula is C20H24FN3OS. The Morgan fingerprint density at radius 2 is 2.08 bits per heavy atom. The zero-order chi connectivity index (χ0) is 17.9. The monoisotopic (exact) mass is 373 g/mol. The van der Waals surface area contributed by atoms with Crippen LogP contribution >= 0.6 is 11.3 Å². The van der Waals surface area contributed by atoms with E-state index >= 15 is 0 Å². The Bertz CT molecular complexity index is 770. The first-order valence-corrected chi connectivity index (χ1v) is 10.1. The van der Waals surface area contributed by atoms with E-state index in [0.717, 1.165) is 51.4 Å². The molecule has 1 unspecified atom stereocenters. The summed E-state index contributed by atoms with van der Waals surface area (Å²) in [4.78, 5) is 18.5. The predicted octanol–water partition coefficient (Wildman–Crippen LogP) is 2.68. The lowest BCUT2D eigenvalue weighted by atomic mass is 9.97. The van der Waals surface area contributed by atoms with Gasteiger partial charge in [-0.25, -0.2) is 4.39 Å². The first-order chi connectivity index (χ1) is 12.7. The molecule has 1 atom stereocenters. The molecule has 6 heteroatoms. The Hall–Kier alpha value is -1.76. The molecule has 2 aliphatic rings. The molecule has 0 amide bonds. The Labute approximate surface area is 157 Å². The Kier molecular flexibility index (Phi) is 5.33. The van der Waals surface area contributed by atoms with Crippen LogP contribution in [0.25, 0.3) is 0 Å². The van der Waals surface area contributed by atoms with Crippen LogP contribution in [0, 0.1) is 5.82 Å². The summed E-state index contributed by atoms with van der Waals surface area (Å²) >= 11 is 1.76. The highest BCUT2D eigenvalue weighted by molar-refractivity contribution is 7.10. The number of anilines is 1. The Balaban J connectivity index is 1.23. The van der Waals surface area contributed by atoms with Crippen LogP contribution < -0.4 is 10.2 Å². The van der Waals surface area contributed by atoms with Gasteiger partial charge < -0.3 is 10.2 Å². The van der Waals surface area contributed by atoms with Crippen molar-refractivity contribution in [2.45, 2.75) is 25.4 Å². The molecule has 26 heavy (non-hydrogen) atoms. The number of hydrogen-bond acceptors (Lipinski definition) is 5. The van der Waals surface area contributed by atoms with E-state index in [-0.39, 0.29) is 11.9 Å². The van der Waals surface area contributed by atoms with Crippen molar-refractivity contribution in [3.05, 3.63) is 52.0 Å². The molecule has 0 aliphatic carbocycles. The molecule has 1 fully saturated rings. The van der Waals surface area contributed by atoms with E-state index in [1.54, 1.807) is 23.5 Å². The van der Waals surface area contributed by atoms with Gasteiger partial charge in [0.25, 0.3) is 0 Å². The number of nitrogens with zero attached hydrogens (tertiary/aromatic N) is 2. The molecule has 0 radical (unpaired) electrons. The summed E-state index contributed by atoms with van der Waals surface area (Å²) in [7, 11) is 0. The second-order valence-electron chi connectivity index (χ2n) is 7.03. The average molecular weight is 373 g/mol. The van der Waals surface area contributed by atoms with Gasteiger partial charge >= 0.3 is 0 Å². The molecule has 138 valence electrons. The van der Waals surface area contributed by atoms with Gasteiger partial charge in [-0.1, -0.05) is 6.07 Å². The fraction of sp³-hybridized carbons (Fsp3) is 0.450. The number of carbonyl (C=O) groups is 1. The molecule has 2 aromatic rings. The van der Waals surface area contributed by atoms with E-state index in [4.69, 9.17) is 0 Å². The summed E-state index contributed by atoms with van der Waals surface area (Å²) in [5, 5.41) is 5.49. The smallest absolute Gasteiger partial charge is 0.151 e. The van der Waals surface area contributed by atoms with Gasteiger partial charge in [0.1, 0.15) is 5.82 Å². The molecular weight excluding hydrogens is 349 g/mol. The molecule has 0 spiro atoms. The highest BCUT2D eigenvalue weighted by Crippen LogP contribution is 2.23. The molecule has 1 N–H and O–H groups in total. The normalized spacial score (nSPS) is 20.8. The van der Waals surface area contributed by atoms with Crippen LogP contribution in [-0.4, -0.2) is 49.4 Å². The molecule has 4 rings (SSSR count). The number of benzene rings is 1. The van der Waals surface area contributed by atoms with Crippen molar-refractivity contribution in [2.24, 2.45) is 0 Å². The van der Waals surface area contributed by atoms with Crippen LogP contribution in [0.2, 0.25) is 0 Å². The molecule has 3 heterocycles. The second kappa shape index (κ2) is 7.86. The minimum Gasteiger partial charge on any atom is -0.369 e. The SMILES string of the molecule is O=C(CCN1CCN(c2cccc(F)c2)CC1)C1Cc2ccsc2CN1. The minimum absolute atomic E-state index is 0.0364. The summed E-state index contributed by atoms with van der Waals surface area (Å²) in [5.74, 6) is 0.124. The molecule has 4 nitrogen and oxygen atoms in total. The lowest BCUT2D eigenvalue weighted by molar-refractivity contribution is -0.121. The summed E-state index contributed by atoms with van der Waals surface area (Å²) in [6.07, 6.45) is 1.42. The summed E-state index contributed by atoms with van der Waals surface area (Å²) in [6, 6.07) is 8.88. The van der Waals surface area contributed by atoms with Crippen LogP contribution in [0.1, 0.15) is 16.9 Å². The predicted molar refractivity (Wildman–Crippen MR) is 103 cm³/mol. The number of thiophene rings is 1. The standard InChI is InChI=1S/C20H24FN3OS/c21-16-2-1-3-17(13-16)24-9-7-23(8-10-24)6-4-19(25)18-12-15-5-11-26-20(15)14-22-18/h1-3,5,11,13,18,22H,4,6-10,12,14H2. The van der Waals surface area contributed by atoms with E-state index in [2.05, 4.69) is 26.6 Å². The molecule has 2 aliphatic heterocycles. The van der Waals surface area contributed by atoms with Crippen molar-refractivity contribution in [3.63, 3.8) is 0 Å². The zero-order valence-corrected chi connectivity index (χ0v) is 15.6. The zero-order valence-electron chi connectivity index (χ0n) is 14.8. The van der Waals surface area contributed by atoms with Crippen LogP contribution in [-0.2, 0) is 17.8 Å². The number of ketones is 1. The maximum absolute atomic E-state index is 13.4. The highest BCUT2D eigenvalue weighted by Gasteiger charge is 2.25. The van der Waals surface area contributed by atoms with Crippen molar-refractivity contribution in [3.8, 4) is 0 Å². The fourth-order valence-corrected chi connectivity index (χ4v) is 4.65. The van der Waals surface area contributed by atoms with E-state index in [9.17, 15) is 9.18 Å². The quantitative estimate of drug-likeness (QED) is 0.874. The maximum atomic E-state index is 13.4. The Morgan fingerprint density at radius 3 is 2.88 bits per heavy atom. The van der Waals surface area contributed by atoms with Gasteiger partial charge in [0, 0.05) is 56.3 Å². The van der Waals surface area contributed by atoms with Gasteiger partial charge in [-0.05, 0) is 41.6 Å². The first-order valence-electron chi connectivity index (χ1n) is 9.23.